The van der Waals surface area contributed by atoms with E-state index in [0.29, 0.717) is 16.8 Å². The minimum absolute atomic E-state index is 0.0429. The van der Waals surface area contributed by atoms with E-state index in [2.05, 4.69) is 5.32 Å². The summed E-state index contributed by atoms with van der Waals surface area (Å²) < 4.78 is 0. The van der Waals surface area contributed by atoms with Gasteiger partial charge in [0.05, 0.1) is 4.92 Å². The summed E-state index contributed by atoms with van der Waals surface area (Å²) in [6.07, 6.45) is 0. The Morgan fingerprint density at radius 1 is 1.24 bits per heavy atom. The van der Waals surface area contributed by atoms with Crippen LogP contribution in [0.25, 0.3) is 0 Å². The Bertz CT molecular complexity index is 674. The zero-order valence-corrected chi connectivity index (χ0v) is 12.0. The molecule has 0 aromatic heterocycles. The maximum atomic E-state index is 12.1. The Morgan fingerprint density at radius 2 is 1.90 bits per heavy atom. The number of alkyl halides is 1. The van der Waals surface area contributed by atoms with Crippen molar-refractivity contribution in [3.05, 3.63) is 69.8 Å². The van der Waals surface area contributed by atoms with Gasteiger partial charge in [-0.05, 0) is 18.6 Å². The summed E-state index contributed by atoms with van der Waals surface area (Å²) in [5.41, 5.74) is 1.50. The van der Waals surface area contributed by atoms with Crippen molar-refractivity contribution in [3.8, 4) is 0 Å². The van der Waals surface area contributed by atoms with Crippen LogP contribution in [-0.4, -0.2) is 10.8 Å². The van der Waals surface area contributed by atoms with Gasteiger partial charge < -0.3 is 5.32 Å². The first-order chi connectivity index (χ1) is 9.99. The monoisotopic (exact) mass is 304 g/mol. The standard InChI is InChI=1S/C15H13ClN2O3/c1-10-7-8-12(9-13(10)18(20)21)17-15(19)14(16)11-5-3-2-4-6-11/h2-9,14H,1H3,(H,17,19). The topological polar surface area (TPSA) is 72.2 Å². The molecule has 0 radical (unpaired) electrons. The van der Waals surface area contributed by atoms with Crippen LogP contribution in [0.5, 0.6) is 0 Å². The molecule has 0 aliphatic rings. The summed E-state index contributed by atoms with van der Waals surface area (Å²) in [5.74, 6) is -0.430. The van der Waals surface area contributed by atoms with Gasteiger partial charge in [-0.1, -0.05) is 36.4 Å². The number of nitro groups is 1. The first-order valence-corrected chi connectivity index (χ1v) is 6.67. The van der Waals surface area contributed by atoms with Crippen LogP contribution in [0.1, 0.15) is 16.5 Å². The average molecular weight is 305 g/mol. The minimum Gasteiger partial charge on any atom is -0.324 e. The molecular formula is C15H13ClN2O3. The molecule has 0 saturated heterocycles. The second kappa shape index (κ2) is 6.37. The molecule has 1 amide bonds. The predicted octanol–water partition coefficient (Wildman–Crippen LogP) is 3.82. The van der Waals surface area contributed by atoms with Crippen LogP contribution in [-0.2, 0) is 4.79 Å². The van der Waals surface area contributed by atoms with E-state index < -0.39 is 16.2 Å². The third kappa shape index (κ3) is 3.58. The molecule has 2 aromatic carbocycles. The first kappa shape index (κ1) is 15.0. The zero-order valence-electron chi connectivity index (χ0n) is 11.2. The number of carbonyl (C=O) groups excluding carboxylic acids is 1. The number of amides is 1. The molecule has 0 aliphatic carbocycles. The molecule has 0 spiro atoms. The lowest BCUT2D eigenvalue weighted by atomic mass is 10.1. The molecule has 0 heterocycles. The van der Waals surface area contributed by atoms with Gasteiger partial charge in [-0.3, -0.25) is 14.9 Å². The van der Waals surface area contributed by atoms with Crippen LogP contribution in [0, 0.1) is 17.0 Å². The van der Waals surface area contributed by atoms with E-state index in [0.717, 1.165) is 0 Å². The lowest BCUT2D eigenvalue weighted by Crippen LogP contribution is -2.17. The molecule has 5 nitrogen and oxygen atoms in total. The maximum absolute atomic E-state index is 12.1. The highest BCUT2D eigenvalue weighted by atomic mass is 35.5. The Morgan fingerprint density at radius 3 is 2.52 bits per heavy atom. The van der Waals surface area contributed by atoms with Crippen LogP contribution in [0.4, 0.5) is 11.4 Å². The maximum Gasteiger partial charge on any atom is 0.274 e. The van der Waals surface area contributed by atoms with E-state index in [1.807, 2.05) is 6.07 Å². The van der Waals surface area contributed by atoms with Crippen LogP contribution >= 0.6 is 11.6 Å². The van der Waals surface area contributed by atoms with E-state index in [1.54, 1.807) is 43.3 Å². The average Bonchev–Trinajstić information content (AvgIpc) is 2.49. The predicted molar refractivity (Wildman–Crippen MR) is 81.5 cm³/mol. The fourth-order valence-electron chi connectivity index (χ4n) is 1.86. The van der Waals surface area contributed by atoms with Crippen molar-refractivity contribution in [3.63, 3.8) is 0 Å². The fourth-order valence-corrected chi connectivity index (χ4v) is 2.06. The molecule has 21 heavy (non-hydrogen) atoms. The third-order valence-electron chi connectivity index (χ3n) is 3.00. The van der Waals surface area contributed by atoms with Gasteiger partial charge in [-0.15, -0.1) is 11.6 Å². The molecule has 2 rings (SSSR count). The second-order valence-corrected chi connectivity index (χ2v) is 4.96. The quantitative estimate of drug-likeness (QED) is 0.530. The van der Waals surface area contributed by atoms with Crippen molar-refractivity contribution in [2.45, 2.75) is 12.3 Å². The van der Waals surface area contributed by atoms with E-state index in [9.17, 15) is 14.9 Å². The molecule has 0 saturated carbocycles. The molecular weight excluding hydrogens is 292 g/mol. The number of benzene rings is 2. The fraction of sp³-hybridized carbons (Fsp3) is 0.133. The Labute approximate surface area is 126 Å². The number of nitrogens with one attached hydrogen (secondary N) is 1. The molecule has 0 bridgehead atoms. The van der Waals surface area contributed by atoms with Crippen molar-refractivity contribution in [2.75, 3.05) is 5.32 Å². The van der Waals surface area contributed by atoms with Crippen LogP contribution in [0.2, 0.25) is 0 Å². The van der Waals surface area contributed by atoms with Crippen molar-refractivity contribution < 1.29 is 9.72 Å². The number of rotatable bonds is 4. The molecule has 0 fully saturated rings. The SMILES string of the molecule is Cc1ccc(NC(=O)C(Cl)c2ccccc2)cc1[N+](=O)[O-]. The number of aryl methyl sites for hydroxylation is 1. The Hall–Kier alpha value is -2.40. The molecule has 1 N–H and O–H groups in total. The number of nitro benzene ring substituents is 1. The van der Waals surface area contributed by atoms with Gasteiger partial charge in [0.2, 0.25) is 5.91 Å². The van der Waals surface area contributed by atoms with Crippen LogP contribution in [0.3, 0.4) is 0 Å². The number of nitrogens with zero attached hydrogens (tertiary/aromatic N) is 1. The van der Waals surface area contributed by atoms with E-state index in [-0.39, 0.29) is 5.69 Å². The van der Waals surface area contributed by atoms with Gasteiger partial charge >= 0.3 is 0 Å². The van der Waals surface area contributed by atoms with Gasteiger partial charge in [-0.2, -0.15) is 0 Å². The number of halogens is 1. The van der Waals surface area contributed by atoms with Crippen LogP contribution in [0.15, 0.2) is 48.5 Å². The third-order valence-corrected chi connectivity index (χ3v) is 3.45. The molecule has 1 atom stereocenters. The zero-order chi connectivity index (χ0) is 15.4. The highest BCUT2D eigenvalue weighted by molar-refractivity contribution is 6.32. The minimum atomic E-state index is -0.855. The molecule has 6 heteroatoms. The highest BCUT2D eigenvalue weighted by Gasteiger charge is 2.19. The molecule has 0 aliphatic heterocycles. The number of hydrogen-bond donors (Lipinski definition) is 1. The Kier molecular flexibility index (Phi) is 4.55. The van der Waals surface area contributed by atoms with Crippen molar-refractivity contribution in [1.82, 2.24) is 0 Å². The molecule has 2 aromatic rings. The normalized spacial score (nSPS) is 11.7. The summed E-state index contributed by atoms with van der Waals surface area (Å²) in [7, 11) is 0. The first-order valence-electron chi connectivity index (χ1n) is 6.24. The summed E-state index contributed by atoms with van der Waals surface area (Å²) in [5, 5.41) is 12.6. The second-order valence-electron chi connectivity index (χ2n) is 4.52. The van der Waals surface area contributed by atoms with E-state index >= 15 is 0 Å². The number of carbonyl (C=O) groups is 1. The lowest BCUT2D eigenvalue weighted by Gasteiger charge is -2.11. The van der Waals surface area contributed by atoms with Gasteiger partial charge in [0.15, 0.2) is 0 Å². The largest absolute Gasteiger partial charge is 0.324 e. The van der Waals surface area contributed by atoms with Crippen molar-refractivity contribution in [1.29, 1.82) is 0 Å². The Balaban J connectivity index is 2.16. The number of hydrogen-bond acceptors (Lipinski definition) is 3. The van der Waals surface area contributed by atoms with Crippen LogP contribution < -0.4 is 5.32 Å². The van der Waals surface area contributed by atoms with E-state index in [1.165, 1.54) is 6.07 Å². The van der Waals surface area contributed by atoms with Gasteiger partial charge in [0.1, 0.15) is 5.38 Å². The molecule has 108 valence electrons. The van der Waals surface area contributed by atoms with Crippen molar-refractivity contribution >= 4 is 28.9 Å². The summed E-state index contributed by atoms with van der Waals surface area (Å²) in [6, 6.07) is 13.4. The summed E-state index contributed by atoms with van der Waals surface area (Å²) in [4.78, 5) is 22.5. The van der Waals surface area contributed by atoms with E-state index in [4.69, 9.17) is 11.6 Å². The van der Waals surface area contributed by atoms with Gasteiger partial charge in [-0.25, -0.2) is 0 Å². The summed E-state index contributed by atoms with van der Waals surface area (Å²) in [6.45, 7) is 1.64. The number of anilines is 1. The highest BCUT2D eigenvalue weighted by Crippen LogP contribution is 2.25. The van der Waals surface area contributed by atoms with Crippen molar-refractivity contribution in [2.24, 2.45) is 0 Å². The lowest BCUT2D eigenvalue weighted by molar-refractivity contribution is -0.385. The summed E-state index contributed by atoms with van der Waals surface area (Å²) >= 11 is 6.09. The van der Waals surface area contributed by atoms with Gasteiger partial charge in [0.25, 0.3) is 5.69 Å². The molecule has 1 unspecified atom stereocenters. The smallest absolute Gasteiger partial charge is 0.274 e. The van der Waals surface area contributed by atoms with Gasteiger partial charge in [0, 0.05) is 17.3 Å².